The van der Waals surface area contributed by atoms with E-state index in [1.54, 1.807) is 6.92 Å². The van der Waals surface area contributed by atoms with Crippen molar-refractivity contribution in [1.29, 1.82) is 0 Å². The van der Waals surface area contributed by atoms with Gasteiger partial charge in [0.1, 0.15) is 0 Å². The Hall–Kier alpha value is -0.670. The summed E-state index contributed by atoms with van der Waals surface area (Å²) < 4.78 is 4.70. The first-order valence-electron chi connectivity index (χ1n) is 3.06. The summed E-state index contributed by atoms with van der Waals surface area (Å²) in [6.45, 7) is 5.40. The highest BCUT2D eigenvalue weighted by molar-refractivity contribution is 5.98. The van der Waals surface area contributed by atoms with Gasteiger partial charge in [0.05, 0.1) is 12.6 Å². The fraction of sp³-hybridized carbons (Fsp3) is 0.571. The number of hydrogen-bond acceptors (Lipinski definition) is 3. The van der Waals surface area contributed by atoms with Crippen LogP contribution in [0, 0.1) is 0 Å². The van der Waals surface area contributed by atoms with E-state index in [2.05, 4.69) is 6.58 Å². The van der Waals surface area contributed by atoms with Gasteiger partial charge in [-0.2, -0.15) is 0 Å². The first-order valence-corrected chi connectivity index (χ1v) is 3.06. The molecule has 0 spiro atoms. The molecule has 0 aliphatic rings. The number of carbonyl (C=O) groups excluding carboxylic acids is 1. The minimum Gasteiger partial charge on any atom is -0.380 e. The van der Waals surface area contributed by atoms with E-state index >= 15 is 0 Å². The van der Waals surface area contributed by atoms with Gasteiger partial charge < -0.3 is 10.5 Å². The number of Topliss-reactive ketones (excluding diaryl/α,β-unsaturated/α-hetero) is 1. The molecule has 3 nitrogen and oxygen atoms in total. The summed E-state index contributed by atoms with van der Waals surface area (Å²) in [6.07, 6.45) is 0. The third-order valence-electron chi connectivity index (χ3n) is 1.08. The Morgan fingerprint density at radius 1 is 1.80 bits per heavy atom. The zero-order valence-electron chi connectivity index (χ0n) is 6.39. The molecule has 0 bridgehead atoms. The fourth-order valence-electron chi connectivity index (χ4n) is 0.567. The second kappa shape index (κ2) is 4.19. The van der Waals surface area contributed by atoms with Gasteiger partial charge in [0.25, 0.3) is 0 Å². The number of methoxy groups -OCH3 is 1. The van der Waals surface area contributed by atoms with Crippen LogP contribution in [-0.2, 0) is 9.53 Å². The molecule has 0 amide bonds. The average Bonchev–Trinajstić information content (AvgIpc) is 1.87. The van der Waals surface area contributed by atoms with Crippen LogP contribution in [0.1, 0.15) is 6.92 Å². The standard InChI is InChI=1S/C7H13NO2/c1-5(4-10-3)7(9)6(2)8/h6H,1,4,8H2,2-3H3. The van der Waals surface area contributed by atoms with Crippen molar-refractivity contribution in [2.24, 2.45) is 5.73 Å². The third-order valence-corrected chi connectivity index (χ3v) is 1.08. The summed E-state index contributed by atoms with van der Waals surface area (Å²) in [5.74, 6) is -0.137. The van der Waals surface area contributed by atoms with E-state index < -0.39 is 6.04 Å². The summed E-state index contributed by atoms with van der Waals surface area (Å²) in [4.78, 5) is 10.9. The lowest BCUT2D eigenvalue weighted by Gasteiger charge is -2.05. The molecule has 0 aliphatic heterocycles. The predicted octanol–water partition coefficient (Wildman–Crippen LogP) is 0.105. The van der Waals surface area contributed by atoms with E-state index in [0.717, 1.165) is 0 Å². The molecular formula is C7H13NO2. The molecule has 3 heteroatoms. The Labute approximate surface area is 60.9 Å². The maximum Gasteiger partial charge on any atom is 0.176 e. The van der Waals surface area contributed by atoms with Crippen molar-refractivity contribution in [3.8, 4) is 0 Å². The van der Waals surface area contributed by atoms with Crippen LogP contribution in [0.15, 0.2) is 12.2 Å². The highest BCUT2D eigenvalue weighted by Gasteiger charge is 2.10. The van der Waals surface area contributed by atoms with Crippen LogP contribution < -0.4 is 5.73 Å². The van der Waals surface area contributed by atoms with Crippen molar-refractivity contribution < 1.29 is 9.53 Å². The largest absolute Gasteiger partial charge is 0.380 e. The van der Waals surface area contributed by atoms with Crippen LogP contribution in [0.5, 0.6) is 0 Å². The van der Waals surface area contributed by atoms with Gasteiger partial charge in [-0.3, -0.25) is 4.79 Å². The Morgan fingerprint density at radius 3 is 2.60 bits per heavy atom. The van der Waals surface area contributed by atoms with Gasteiger partial charge in [-0.15, -0.1) is 0 Å². The molecule has 0 fully saturated rings. The summed E-state index contributed by atoms with van der Waals surface area (Å²) in [6, 6.07) is -0.470. The first kappa shape index (κ1) is 9.33. The van der Waals surface area contributed by atoms with Crippen LogP contribution >= 0.6 is 0 Å². The highest BCUT2D eigenvalue weighted by atomic mass is 16.5. The second-order valence-corrected chi connectivity index (χ2v) is 2.19. The molecular weight excluding hydrogens is 130 g/mol. The Kier molecular flexibility index (Phi) is 3.91. The molecule has 0 aromatic carbocycles. The van der Waals surface area contributed by atoms with E-state index in [-0.39, 0.29) is 12.4 Å². The lowest BCUT2D eigenvalue weighted by molar-refractivity contribution is -0.116. The van der Waals surface area contributed by atoms with Crippen molar-refractivity contribution in [2.45, 2.75) is 13.0 Å². The first-order chi connectivity index (χ1) is 4.59. The summed E-state index contributed by atoms with van der Waals surface area (Å²) in [7, 11) is 1.51. The molecule has 58 valence electrons. The average molecular weight is 143 g/mol. The molecule has 1 unspecified atom stereocenters. The zero-order valence-corrected chi connectivity index (χ0v) is 6.39. The predicted molar refractivity (Wildman–Crippen MR) is 39.7 cm³/mol. The monoisotopic (exact) mass is 143 g/mol. The maximum absolute atomic E-state index is 10.9. The molecule has 0 saturated heterocycles. The molecule has 0 rings (SSSR count). The number of nitrogens with two attached hydrogens (primary N) is 1. The molecule has 0 aromatic heterocycles. The van der Waals surface area contributed by atoms with Crippen molar-refractivity contribution >= 4 is 5.78 Å². The van der Waals surface area contributed by atoms with E-state index in [0.29, 0.717) is 5.57 Å². The Bertz CT molecular complexity index is 141. The van der Waals surface area contributed by atoms with Crippen LogP contribution in [0.3, 0.4) is 0 Å². The van der Waals surface area contributed by atoms with E-state index in [4.69, 9.17) is 10.5 Å². The minimum atomic E-state index is -0.470. The molecule has 10 heavy (non-hydrogen) atoms. The SMILES string of the molecule is C=C(COC)C(=O)C(C)N. The van der Waals surface area contributed by atoms with Crippen LogP contribution in [0.4, 0.5) is 0 Å². The summed E-state index contributed by atoms with van der Waals surface area (Å²) in [5.41, 5.74) is 5.73. The Balaban J connectivity index is 3.83. The van der Waals surface area contributed by atoms with Gasteiger partial charge >= 0.3 is 0 Å². The smallest absolute Gasteiger partial charge is 0.176 e. The number of hydrogen-bond donors (Lipinski definition) is 1. The second-order valence-electron chi connectivity index (χ2n) is 2.19. The van der Waals surface area contributed by atoms with Crippen LogP contribution in [0.25, 0.3) is 0 Å². The number of rotatable bonds is 4. The third kappa shape index (κ3) is 2.75. The van der Waals surface area contributed by atoms with Crippen molar-refractivity contribution in [2.75, 3.05) is 13.7 Å². The van der Waals surface area contributed by atoms with Gasteiger partial charge in [-0.05, 0) is 6.92 Å². The van der Waals surface area contributed by atoms with Gasteiger partial charge in [-0.1, -0.05) is 6.58 Å². The summed E-state index contributed by atoms with van der Waals surface area (Å²) in [5, 5.41) is 0. The van der Waals surface area contributed by atoms with Crippen molar-refractivity contribution in [1.82, 2.24) is 0 Å². The van der Waals surface area contributed by atoms with Crippen LogP contribution in [-0.4, -0.2) is 25.5 Å². The lowest BCUT2D eigenvalue weighted by Crippen LogP contribution is -2.28. The molecule has 2 N–H and O–H groups in total. The van der Waals surface area contributed by atoms with Gasteiger partial charge in [-0.25, -0.2) is 0 Å². The quantitative estimate of drug-likeness (QED) is 0.568. The van der Waals surface area contributed by atoms with Gasteiger partial charge in [0.15, 0.2) is 5.78 Å². The highest BCUT2D eigenvalue weighted by Crippen LogP contribution is 1.95. The molecule has 0 saturated carbocycles. The molecule has 1 atom stereocenters. The normalized spacial score (nSPS) is 12.7. The zero-order chi connectivity index (χ0) is 8.15. The molecule has 0 heterocycles. The van der Waals surface area contributed by atoms with Crippen molar-refractivity contribution in [3.63, 3.8) is 0 Å². The van der Waals surface area contributed by atoms with Gasteiger partial charge in [0, 0.05) is 12.7 Å². The number of ether oxygens (including phenoxy) is 1. The van der Waals surface area contributed by atoms with E-state index in [9.17, 15) is 4.79 Å². The van der Waals surface area contributed by atoms with Crippen LogP contribution in [0.2, 0.25) is 0 Å². The van der Waals surface area contributed by atoms with Crippen molar-refractivity contribution in [3.05, 3.63) is 12.2 Å². The topological polar surface area (TPSA) is 52.3 Å². The molecule has 0 aliphatic carbocycles. The van der Waals surface area contributed by atoms with E-state index in [1.807, 2.05) is 0 Å². The van der Waals surface area contributed by atoms with E-state index in [1.165, 1.54) is 7.11 Å². The Morgan fingerprint density at radius 2 is 2.30 bits per heavy atom. The molecule has 0 aromatic rings. The minimum absolute atomic E-state index is 0.137. The lowest BCUT2D eigenvalue weighted by atomic mass is 10.1. The number of carbonyl (C=O) groups is 1. The summed E-state index contributed by atoms with van der Waals surface area (Å²) >= 11 is 0. The van der Waals surface area contributed by atoms with Gasteiger partial charge in [0.2, 0.25) is 0 Å². The maximum atomic E-state index is 10.9. The molecule has 0 radical (unpaired) electrons. The fourth-order valence-corrected chi connectivity index (χ4v) is 0.567. The number of ketones is 1.